The van der Waals surface area contributed by atoms with E-state index in [-0.39, 0.29) is 0 Å². The minimum Gasteiger partial charge on any atom is -0.330 e. The first kappa shape index (κ1) is 11.7. The van der Waals surface area contributed by atoms with E-state index in [0.29, 0.717) is 5.41 Å². The number of aryl methyl sites for hydroxylation is 1. The third-order valence-corrected chi connectivity index (χ3v) is 3.99. The zero-order chi connectivity index (χ0) is 11.4. The number of hydrogen-bond donors (Lipinski definition) is 1. The van der Waals surface area contributed by atoms with Gasteiger partial charge in [-0.25, -0.2) is 0 Å². The number of nitrogens with two attached hydrogens (primary N) is 1. The summed E-state index contributed by atoms with van der Waals surface area (Å²) in [6.07, 6.45) is 7.61. The summed E-state index contributed by atoms with van der Waals surface area (Å²) in [6, 6.07) is 9.14. The van der Waals surface area contributed by atoms with Crippen molar-refractivity contribution in [1.82, 2.24) is 0 Å². The van der Waals surface area contributed by atoms with Crippen LogP contribution in [0, 0.1) is 5.41 Å². The van der Waals surface area contributed by atoms with Crippen LogP contribution >= 0.6 is 0 Å². The first-order valence-electron chi connectivity index (χ1n) is 6.56. The molecule has 0 saturated heterocycles. The van der Waals surface area contributed by atoms with Crippen LogP contribution in [-0.4, -0.2) is 6.54 Å². The molecule has 0 radical (unpaired) electrons. The highest BCUT2D eigenvalue weighted by atomic mass is 14.6. The molecule has 0 spiro atoms. The smallest absolute Gasteiger partial charge is 0.00173 e. The highest BCUT2D eigenvalue weighted by Gasteiger charge is 2.35. The fourth-order valence-corrected chi connectivity index (χ4v) is 2.68. The molecule has 1 fully saturated rings. The van der Waals surface area contributed by atoms with Crippen LogP contribution in [0.1, 0.15) is 43.7 Å². The molecule has 0 heterocycles. The van der Waals surface area contributed by atoms with Crippen molar-refractivity contribution in [1.29, 1.82) is 0 Å². The van der Waals surface area contributed by atoms with E-state index < -0.39 is 0 Å². The van der Waals surface area contributed by atoms with Crippen molar-refractivity contribution in [2.45, 2.75) is 45.4 Å². The summed E-state index contributed by atoms with van der Waals surface area (Å²) in [5.41, 5.74) is 9.25. The Bertz CT molecular complexity index is 316. The summed E-state index contributed by atoms with van der Waals surface area (Å²) < 4.78 is 0. The van der Waals surface area contributed by atoms with Gasteiger partial charge in [0.25, 0.3) is 0 Å². The second-order valence-electron chi connectivity index (χ2n) is 5.30. The minimum atomic E-state index is 0.437. The molecule has 0 amide bonds. The van der Waals surface area contributed by atoms with Gasteiger partial charge in [-0.2, -0.15) is 0 Å². The molecule has 0 aromatic heterocycles. The molecule has 2 N–H and O–H groups in total. The van der Waals surface area contributed by atoms with E-state index in [1.165, 1.54) is 49.7 Å². The third-order valence-electron chi connectivity index (χ3n) is 3.99. The molecular weight excluding hydrogens is 194 g/mol. The van der Waals surface area contributed by atoms with Gasteiger partial charge in [0.05, 0.1) is 0 Å². The molecular formula is C15H23N. The summed E-state index contributed by atoms with van der Waals surface area (Å²) in [6.45, 7) is 3.08. The van der Waals surface area contributed by atoms with Gasteiger partial charge >= 0.3 is 0 Å². The zero-order valence-corrected chi connectivity index (χ0v) is 10.3. The van der Waals surface area contributed by atoms with Gasteiger partial charge in [0.1, 0.15) is 0 Å². The van der Waals surface area contributed by atoms with Crippen molar-refractivity contribution in [3.8, 4) is 0 Å². The quantitative estimate of drug-likeness (QED) is 0.804. The highest BCUT2D eigenvalue weighted by molar-refractivity contribution is 5.24. The maximum Gasteiger partial charge on any atom is -0.00173 e. The fraction of sp³-hybridized carbons (Fsp3) is 0.600. The van der Waals surface area contributed by atoms with Crippen molar-refractivity contribution in [3.05, 3.63) is 35.4 Å². The number of benzene rings is 1. The van der Waals surface area contributed by atoms with E-state index in [9.17, 15) is 0 Å². The van der Waals surface area contributed by atoms with E-state index in [2.05, 4.69) is 31.2 Å². The summed E-state index contributed by atoms with van der Waals surface area (Å²) in [7, 11) is 0. The lowest BCUT2D eigenvalue weighted by atomic mass is 9.65. The summed E-state index contributed by atoms with van der Waals surface area (Å²) in [5, 5.41) is 0. The molecule has 0 aliphatic heterocycles. The van der Waals surface area contributed by atoms with Gasteiger partial charge < -0.3 is 5.73 Å². The Morgan fingerprint density at radius 2 is 1.75 bits per heavy atom. The molecule has 1 aliphatic carbocycles. The van der Waals surface area contributed by atoms with E-state index in [1.54, 1.807) is 0 Å². The summed E-state index contributed by atoms with van der Waals surface area (Å²) in [4.78, 5) is 0. The molecule has 1 saturated carbocycles. The summed E-state index contributed by atoms with van der Waals surface area (Å²) in [5.74, 6) is 0. The highest BCUT2D eigenvalue weighted by Crippen LogP contribution is 2.42. The van der Waals surface area contributed by atoms with E-state index in [1.807, 2.05) is 0 Å². The van der Waals surface area contributed by atoms with Crippen molar-refractivity contribution < 1.29 is 0 Å². The first-order valence-corrected chi connectivity index (χ1v) is 6.56. The minimum absolute atomic E-state index is 0.437. The second kappa shape index (κ2) is 5.01. The van der Waals surface area contributed by atoms with Crippen LogP contribution in [0.3, 0.4) is 0 Å². The van der Waals surface area contributed by atoms with Gasteiger partial charge in [0, 0.05) is 0 Å². The van der Waals surface area contributed by atoms with Gasteiger partial charge in [-0.15, -0.1) is 0 Å². The van der Waals surface area contributed by atoms with Gasteiger partial charge in [0.15, 0.2) is 0 Å². The van der Waals surface area contributed by atoms with Crippen molar-refractivity contribution in [2.24, 2.45) is 11.1 Å². The van der Waals surface area contributed by atoms with Crippen LogP contribution in [0.15, 0.2) is 24.3 Å². The lowest BCUT2D eigenvalue weighted by molar-refractivity contribution is 0.145. The lowest BCUT2D eigenvalue weighted by Crippen LogP contribution is -2.39. The van der Waals surface area contributed by atoms with Crippen LogP contribution in [0.2, 0.25) is 0 Å². The molecule has 1 aromatic rings. The van der Waals surface area contributed by atoms with Gasteiger partial charge in [-0.3, -0.25) is 0 Å². The Morgan fingerprint density at radius 1 is 1.12 bits per heavy atom. The number of hydrogen-bond acceptors (Lipinski definition) is 1. The van der Waals surface area contributed by atoms with Crippen LogP contribution in [-0.2, 0) is 12.8 Å². The molecule has 0 atom stereocenters. The van der Waals surface area contributed by atoms with Gasteiger partial charge in [-0.05, 0) is 48.8 Å². The topological polar surface area (TPSA) is 26.0 Å². The number of rotatable bonds is 5. The molecule has 16 heavy (non-hydrogen) atoms. The molecule has 88 valence electrons. The Morgan fingerprint density at radius 3 is 2.19 bits per heavy atom. The monoisotopic (exact) mass is 217 g/mol. The molecule has 1 aliphatic rings. The Labute approximate surface area is 99.0 Å². The predicted octanol–water partition coefficient (Wildman–Crippen LogP) is 3.31. The average molecular weight is 217 g/mol. The van der Waals surface area contributed by atoms with Crippen molar-refractivity contribution in [3.63, 3.8) is 0 Å². The van der Waals surface area contributed by atoms with Crippen molar-refractivity contribution >= 4 is 0 Å². The van der Waals surface area contributed by atoms with Crippen LogP contribution in [0.25, 0.3) is 0 Å². The molecule has 0 unspecified atom stereocenters. The van der Waals surface area contributed by atoms with Gasteiger partial charge in [0.2, 0.25) is 0 Å². The SMILES string of the molecule is CCCc1ccc(CC2(CN)CCC2)cc1. The standard InChI is InChI=1S/C15H23N/c1-2-4-13-5-7-14(8-6-13)11-15(12-16)9-3-10-15/h5-8H,2-4,9-12,16H2,1H3. The Balaban J connectivity index is 1.99. The molecule has 0 bridgehead atoms. The van der Waals surface area contributed by atoms with Gasteiger partial charge in [-0.1, -0.05) is 44.0 Å². The molecule has 2 rings (SSSR count). The van der Waals surface area contributed by atoms with E-state index in [0.717, 1.165) is 6.54 Å². The maximum absolute atomic E-state index is 5.89. The van der Waals surface area contributed by atoms with Crippen LogP contribution < -0.4 is 5.73 Å². The van der Waals surface area contributed by atoms with Crippen LogP contribution in [0.4, 0.5) is 0 Å². The fourth-order valence-electron chi connectivity index (χ4n) is 2.68. The summed E-state index contributed by atoms with van der Waals surface area (Å²) >= 11 is 0. The maximum atomic E-state index is 5.89. The lowest BCUT2D eigenvalue weighted by Gasteiger charge is -2.41. The zero-order valence-electron chi connectivity index (χ0n) is 10.3. The largest absolute Gasteiger partial charge is 0.330 e. The Hall–Kier alpha value is -0.820. The Kier molecular flexibility index (Phi) is 3.65. The second-order valence-corrected chi connectivity index (χ2v) is 5.30. The normalized spacial score (nSPS) is 18.1. The first-order chi connectivity index (χ1) is 7.78. The molecule has 1 aromatic carbocycles. The van der Waals surface area contributed by atoms with E-state index >= 15 is 0 Å². The molecule has 1 heteroatoms. The molecule has 1 nitrogen and oxygen atoms in total. The average Bonchev–Trinajstić information content (AvgIpc) is 2.26. The van der Waals surface area contributed by atoms with Crippen LogP contribution in [0.5, 0.6) is 0 Å². The predicted molar refractivity (Wildman–Crippen MR) is 69.5 cm³/mol. The third kappa shape index (κ3) is 2.46. The van der Waals surface area contributed by atoms with Crippen molar-refractivity contribution in [2.75, 3.05) is 6.54 Å². The van der Waals surface area contributed by atoms with E-state index in [4.69, 9.17) is 5.73 Å².